The van der Waals surface area contributed by atoms with Crippen LogP contribution in [-0.2, 0) is 0 Å². The number of rotatable bonds is 6. The summed E-state index contributed by atoms with van der Waals surface area (Å²) in [4.78, 5) is 9.00. The lowest BCUT2D eigenvalue weighted by atomic mass is 10.2. The Morgan fingerprint density at radius 3 is 2.78 bits per heavy atom. The molecule has 0 spiro atoms. The van der Waals surface area contributed by atoms with E-state index >= 15 is 0 Å². The molecule has 18 heavy (non-hydrogen) atoms. The highest BCUT2D eigenvalue weighted by atomic mass is 15.2. The highest BCUT2D eigenvalue weighted by molar-refractivity contribution is 5.42. The third-order valence-electron chi connectivity index (χ3n) is 3.38. The first kappa shape index (κ1) is 13.1. The maximum Gasteiger partial charge on any atom is 0.225 e. The van der Waals surface area contributed by atoms with Crippen molar-refractivity contribution in [3.05, 3.63) is 11.8 Å². The largest absolute Gasteiger partial charge is 0.370 e. The van der Waals surface area contributed by atoms with E-state index in [-0.39, 0.29) is 0 Å². The molecule has 0 amide bonds. The maximum atomic E-state index is 4.54. The Bertz CT molecular complexity index is 372. The Morgan fingerprint density at radius 1 is 1.28 bits per heavy atom. The van der Waals surface area contributed by atoms with Gasteiger partial charge in [-0.05, 0) is 26.2 Å². The van der Waals surface area contributed by atoms with Crippen molar-refractivity contribution in [2.45, 2.75) is 58.4 Å². The third kappa shape index (κ3) is 3.86. The number of hydrogen-bond acceptors (Lipinski definition) is 4. The number of aryl methyl sites for hydroxylation is 1. The van der Waals surface area contributed by atoms with Gasteiger partial charge in [-0.25, -0.2) is 4.98 Å². The molecule has 0 bridgehead atoms. The van der Waals surface area contributed by atoms with Gasteiger partial charge in [-0.2, -0.15) is 4.98 Å². The molecule has 1 aliphatic carbocycles. The zero-order valence-corrected chi connectivity index (χ0v) is 11.5. The summed E-state index contributed by atoms with van der Waals surface area (Å²) in [5, 5.41) is 6.81. The van der Waals surface area contributed by atoms with E-state index < -0.39 is 0 Å². The SMILES string of the molecule is CCCCNc1cc(C)nc(NC2CCCC2)n1. The van der Waals surface area contributed by atoms with Crippen LogP contribution in [0.1, 0.15) is 51.1 Å². The molecule has 1 saturated carbocycles. The molecule has 2 rings (SSSR count). The molecule has 100 valence electrons. The molecule has 0 aromatic carbocycles. The van der Waals surface area contributed by atoms with Crippen molar-refractivity contribution in [3.8, 4) is 0 Å². The summed E-state index contributed by atoms with van der Waals surface area (Å²) < 4.78 is 0. The summed E-state index contributed by atoms with van der Waals surface area (Å²) in [6, 6.07) is 2.57. The average Bonchev–Trinajstić information content (AvgIpc) is 2.81. The second kappa shape index (κ2) is 6.57. The molecular formula is C14H24N4. The van der Waals surface area contributed by atoms with Gasteiger partial charge in [0.25, 0.3) is 0 Å². The summed E-state index contributed by atoms with van der Waals surface area (Å²) in [6.45, 7) is 5.20. The second-order valence-corrected chi connectivity index (χ2v) is 5.12. The number of nitrogens with one attached hydrogen (secondary N) is 2. The lowest BCUT2D eigenvalue weighted by molar-refractivity contribution is 0.742. The van der Waals surface area contributed by atoms with Crippen LogP contribution < -0.4 is 10.6 Å². The summed E-state index contributed by atoms with van der Waals surface area (Å²) >= 11 is 0. The molecule has 1 aromatic rings. The predicted octanol–water partition coefficient (Wildman–Crippen LogP) is 3.35. The number of hydrogen-bond donors (Lipinski definition) is 2. The first-order valence-electron chi connectivity index (χ1n) is 7.14. The molecule has 0 aliphatic heterocycles. The minimum atomic E-state index is 0.565. The fraction of sp³-hybridized carbons (Fsp3) is 0.714. The van der Waals surface area contributed by atoms with Crippen molar-refractivity contribution >= 4 is 11.8 Å². The molecule has 1 heterocycles. The summed E-state index contributed by atoms with van der Waals surface area (Å²) in [6.07, 6.45) is 7.51. The fourth-order valence-electron chi connectivity index (χ4n) is 2.37. The fourth-order valence-corrected chi connectivity index (χ4v) is 2.37. The van der Waals surface area contributed by atoms with Crippen LogP contribution in [0.5, 0.6) is 0 Å². The van der Waals surface area contributed by atoms with E-state index in [0.717, 1.165) is 24.0 Å². The summed E-state index contributed by atoms with van der Waals surface area (Å²) in [5.74, 6) is 1.72. The van der Waals surface area contributed by atoms with Crippen molar-refractivity contribution in [1.29, 1.82) is 0 Å². The van der Waals surface area contributed by atoms with Gasteiger partial charge in [0, 0.05) is 24.3 Å². The van der Waals surface area contributed by atoms with Crippen LogP contribution in [-0.4, -0.2) is 22.6 Å². The first-order valence-corrected chi connectivity index (χ1v) is 7.14. The molecular weight excluding hydrogens is 224 g/mol. The minimum absolute atomic E-state index is 0.565. The lowest BCUT2D eigenvalue weighted by Crippen LogP contribution is -2.17. The molecule has 1 aliphatic rings. The van der Waals surface area contributed by atoms with Crippen LogP contribution in [0.3, 0.4) is 0 Å². The quantitative estimate of drug-likeness (QED) is 0.758. The van der Waals surface area contributed by atoms with Gasteiger partial charge < -0.3 is 10.6 Å². The van der Waals surface area contributed by atoms with Gasteiger partial charge in [0.05, 0.1) is 0 Å². The first-order chi connectivity index (χ1) is 8.78. The van der Waals surface area contributed by atoms with Crippen LogP contribution in [0, 0.1) is 6.92 Å². The van der Waals surface area contributed by atoms with Crippen molar-refractivity contribution in [2.24, 2.45) is 0 Å². The Kier molecular flexibility index (Phi) is 4.79. The van der Waals surface area contributed by atoms with E-state index in [1.54, 1.807) is 0 Å². The number of anilines is 2. The van der Waals surface area contributed by atoms with Crippen molar-refractivity contribution in [2.75, 3.05) is 17.2 Å². The van der Waals surface area contributed by atoms with Gasteiger partial charge in [0.2, 0.25) is 5.95 Å². The lowest BCUT2D eigenvalue weighted by Gasteiger charge is -2.13. The summed E-state index contributed by atoms with van der Waals surface area (Å²) in [5.41, 5.74) is 1.02. The highest BCUT2D eigenvalue weighted by Crippen LogP contribution is 2.21. The normalized spacial score (nSPS) is 15.9. The van der Waals surface area contributed by atoms with Gasteiger partial charge >= 0.3 is 0 Å². The Hall–Kier alpha value is -1.32. The van der Waals surface area contributed by atoms with E-state index in [9.17, 15) is 0 Å². The zero-order chi connectivity index (χ0) is 12.8. The Labute approximate surface area is 110 Å². The van der Waals surface area contributed by atoms with Crippen molar-refractivity contribution < 1.29 is 0 Å². The maximum absolute atomic E-state index is 4.54. The smallest absolute Gasteiger partial charge is 0.225 e. The van der Waals surface area contributed by atoms with E-state index in [0.29, 0.717) is 6.04 Å². The molecule has 4 nitrogen and oxygen atoms in total. The minimum Gasteiger partial charge on any atom is -0.370 e. The third-order valence-corrected chi connectivity index (χ3v) is 3.38. The molecule has 4 heteroatoms. The van der Waals surface area contributed by atoms with E-state index in [1.165, 1.54) is 38.5 Å². The monoisotopic (exact) mass is 248 g/mol. The molecule has 0 saturated heterocycles. The van der Waals surface area contributed by atoms with Gasteiger partial charge in [-0.3, -0.25) is 0 Å². The van der Waals surface area contributed by atoms with Gasteiger partial charge in [0.15, 0.2) is 0 Å². The second-order valence-electron chi connectivity index (χ2n) is 5.12. The average molecular weight is 248 g/mol. The van der Waals surface area contributed by atoms with Gasteiger partial charge in [0.1, 0.15) is 5.82 Å². The molecule has 0 unspecified atom stereocenters. The van der Waals surface area contributed by atoms with Crippen LogP contribution in [0.2, 0.25) is 0 Å². The van der Waals surface area contributed by atoms with E-state index in [4.69, 9.17) is 0 Å². The highest BCUT2D eigenvalue weighted by Gasteiger charge is 2.15. The summed E-state index contributed by atoms with van der Waals surface area (Å²) in [7, 11) is 0. The number of nitrogens with zero attached hydrogens (tertiary/aromatic N) is 2. The Morgan fingerprint density at radius 2 is 2.06 bits per heavy atom. The van der Waals surface area contributed by atoms with Gasteiger partial charge in [-0.15, -0.1) is 0 Å². The Balaban J connectivity index is 1.96. The van der Waals surface area contributed by atoms with Gasteiger partial charge in [-0.1, -0.05) is 26.2 Å². The molecule has 1 fully saturated rings. The zero-order valence-electron chi connectivity index (χ0n) is 11.5. The molecule has 1 aromatic heterocycles. The molecule has 0 radical (unpaired) electrons. The van der Waals surface area contributed by atoms with Crippen LogP contribution in [0.25, 0.3) is 0 Å². The number of unbranched alkanes of at least 4 members (excludes halogenated alkanes) is 1. The molecule has 0 atom stereocenters. The predicted molar refractivity (Wildman–Crippen MR) is 76.0 cm³/mol. The number of aromatic nitrogens is 2. The standard InChI is InChI=1S/C14H24N4/c1-3-4-9-15-13-10-11(2)16-14(18-13)17-12-7-5-6-8-12/h10,12H,3-9H2,1-2H3,(H2,15,16,17,18). The van der Waals surface area contributed by atoms with Crippen molar-refractivity contribution in [1.82, 2.24) is 9.97 Å². The van der Waals surface area contributed by atoms with Crippen LogP contribution in [0.4, 0.5) is 11.8 Å². The van der Waals surface area contributed by atoms with E-state index in [1.807, 2.05) is 13.0 Å². The van der Waals surface area contributed by atoms with Crippen molar-refractivity contribution in [3.63, 3.8) is 0 Å². The van der Waals surface area contributed by atoms with E-state index in [2.05, 4.69) is 27.5 Å². The molecule has 2 N–H and O–H groups in total. The topological polar surface area (TPSA) is 49.8 Å². The van der Waals surface area contributed by atoms with Crippen LogP contribution in [0.15, 0.2) is 6.07 Å². The van der Waals surface area contributed by atoms with Crippen LogP contribution >= 0.6 is 0 Å².